The lowest BCUT2D eigenvalue weighted by molar-refractivity contribution is -0.155. The van der Waals surface area contributed by atoms with Gasteiger partial charge in [0.25, 0.3) is 5.91 Å². The molecule has 0 spiro atoms. The number of ether oxygens (including phenoxy) is 1. The van der Waals surface area contributed by atoms with Crippen LogP contribution < -0.4 is 16.4 Å². The van der Waals surface area contributed by atoms with E-state index in [0.717, 1.165) is 25.8 Å². The van der Waals surface area contributed by atoms with Crippen molar-refractivity contribution in [2.24, 2.45) is 10.9 Å². The van der Waals surface area contributed by atoms with E-state index < -0.39 is 5.60 Å². The number of esters is 1. The van der Waals surface area contributed by atoms with Crippen LogP contribution in [0.2, 0.25) is 5.02 Å². The number of amidine groups is 1. The maximum Gasteiger partial charge on any atom is 0.307 e. The fourth-order valence-electron chi connectivity index (χ4n) is 4.28. The zero-order valence-corrected chi connectivity index (χ0v) is 22.3. The van der Waals surface area contributed by atoms with Crippen LogP contribution in [0.15, 0.2) is 47.6 Å². The number of piperidine rings is 1. The lowest BCUT2D eigenvalue weighted by Gasteiger charge is -2.36. The zero-order chi connectivity index (χ0) is 27.0. The zero-order valence-electron chi connectivity index (χ0n) is 21.6. The highest BCUT2D eigenvalue weighted by Crippen LogP contribution is 2.24. The number of rotatable bonds is 9. The predicted octanol–water partition coefficient (Wildman–Crippen LogP) is 4.69. The lowest BCUT2D eigenvalue weighted by atomic mass is 10.0. The molecule has 1 aliphatic heterocycles. The highest BCUT2D eigenvalue weighted by atomic mass is 35.5. The van der Waals surface area contributed by atoms with Gasteiger partial charge in [0, 0.05) is 41.1 Å². The number of amides is 1. The van der Waals surface area contributed by atoms with Crippen LogP contribution >= 0.6 is 11.6 Å². The summed E-state index contributed by atoms with van der Waals surface area (Å²) >= 11 is 6.21. The Bertz CT molecular complexity index is 1110. The number of carbonyl (C=O) groups is 2. The molecule has 1 aliphatic rings. The van der Waals surface area contributed by atoms with Gasteiger partial charge in [0.1, 0.15) is 5.60 Å². The second-order valence-corrected chi connectivity index (χ2v) is 10.5. The Labute approximate surface area is 223 Å². The largest absolute Gasteiger partial charge is 0.460 e. The summed E-state index contributed by atoms with van der Waals surface area (Å²) in [5.74, 6) is -0.519. The van der Waals surface area contributed by atoms with Crippen LogP contribution in [0, 0.1) is 0 Å². The van der Waals surface area contributed by atoms with Crippen molar-refractivity contribution < 1.29 is 19.5 Å². The topological polar surface area (TPSA) is 129 Å². The summed E-state index contributed by atoms with van der Waals surface area (Å²) in [6.07, 6.45) is 3.55. The maximum atomic E-state index is 13.1. The number of hydrogen-bond acceptors (Lipinski definition) is 7. The number of nitrogens with one attached hydrogen (secondary N) is 2. The molecular formula is C27H36ClN5O4. The molecule has 200 valence electrons. The molecule has 0 saturated carbocycles. The molecule has 37 heavy (non-hydrogen) atoms. The van der Waals surface area contributed by atoms with Gasteiger partial charge in [0.15, 0.2) is 5.84 Å². The van der Waals surface area contributed by atoms with Gasteiger partial charge in [-0.05, 0) is 82.6 Å². The Morgan fingerprint density at radius 3 is 2.59 bits per heavy atom. The van der Waals surface area contributed by atoms with Crippen molar-refractivity contribution in [2.45, 2.75) is 58.1 Å². The van der Waals surface area contributed by atoms with Gasteiger partial charge in [-0.1, -0.05) is 23.2 Å². The van der Waals surface area contributed by atoms with Crippen molar-refractivity contribution in [3.05, 3.63) is 58.6 Å². The normalized spacial score (nSPS) is 16.8. The second kappa shape index (κ2) is 12.8. The molecule has 2 aromatic rings. The van der Waals surface area contributed by atoms with E-state index in [1.807, 2.05) is 20.8 Å². The monoisotopic (exact) mass is 529 g/mol. The molecule has 0 radical (unpaired) electrons. The molecule has 0 bridgehead atoms. The van der Waals surface area contributed by atoms with Gasteiger partial charge in [-0.2, -0.15) is 0 Å². The van der Waals surface area contributed by atoms with Crippen LogP contribution in [-0.2, 0) is 9.53 Å². The third kappa shape index (κ3) is 8.65. The number of carbonyl (C=O) groups excluding carboxylic acids is 2. The van der Waals surface area contributed by atoms with Crippen LogP contribution in [0.1, 0.15) is 62.4 Å². The van der Waals surface area contributed by atoms with Crippen LogP contribution in [0.5, 0.6) is 0 Å². The second-order valence-electron chi connectivity index (χ2n) is 10.1. The number of hydrogen-bond donors (Lipinski definition) is 4. The van der Waals surface area contributed by atoms with Crippen molar-refractivity contribution in [2.75, 3.05) is 30.3 Å². The number of nitrogens with two attached hydrogens (primary N) is 1. The van der Waals surface area contributed by atoms with Gasteiger partial charge in [-0.3, -0.25) is 14.5 Å². The third-order valence-electron chi connectivity index (χ3n) is 6.07. The van der Waals surface area contributed by atoms with Crippen molar-refractivity contribution >= 4 is 40.7 Å². The van der Waals surface area contributed by atoms with Gasteiger partial charge in [0.05, 0.1) is 12.0 Å². The van der Waals surface area contributed by atoms with Crippen LogP contribution in [0.4, 0.5) is 11.4 Å². The number of halogens is 1. The fraction of sp³-hybridized carbons (Fsp3) is 0.444. The highest BCUT2D eigenvalue weighted by Gasteiger charge is 2.25. The summed E-state index contributed by atoms with van der Waals surface area (Å²) in [5.41, 5.74) is 7.30. The first kappa shape index (κ1) is 28.3. The highest BCUT2D eigenvalue weighted by molar-refractivity contribution is 6.31. The summed E-state index contributed by atoms with van der Waals surface area (Å²) < 4.78 is 5.46. The molecule has 1 heterocycles. The lowest BCUT2D eigenvalue weighted by Crippen LogP contribution is -2.44. The van der Waals surface area contributed by atoms with Gasteiger partial charge in [-0.15, -0.1) is 0 Å². The Hall–Kier alpha value is -3.30. The first-order chi connectivity index (χ1) is 17.6. The van der Waals surface area contributed by atoms with Crippen molar-refractivity contribution in [1.82, 2.24) is 4.90 Å². The van der Waals surface area contributed by atoms with Crippen molar-refractivity contribution in [3.63, 3.8) is 0 Å². The van der Waals surface area contributed by atoms with Gasteiger partial charge < -0.3 is 26.3 Å². The predicted molar refractivity (Wildman–Crippen MR) is 147 cm³/mol. The quantitative estimate of drug-likeness (QED) is 0.122. The molecule has 1 atom stereocenters. The Morgan fingerprint density at radius 1 is 1.19 bits per heavy atom. The van der Waals surface area contributed by atoms with E-state index >= 15 is 0 Å². The molecule has 0 aromatic heterocycles. The first-order valence-electron chi connectivity index (χ1n) is 12.4. The average molecular weight is 530 g/mol. The minimum absolute atomic E-state index is 0.0120. The number of oxime groups is 1. The fourth-order valence-corrected chi connectivity index (χ4v) is 4.45. The number of anilines is 2. The first-order valence-corrected chi connectivity index (χ1v) is 12.8. The van der Waals surface area contributed by atoms with Gasteiger partial charge >= 0.3 is 5.97 Å². The van der Waals surface area contributed by atoms with E-state index in [0.29, 0.717) is 47.0 Å². The minimum atomic E-state index is -0.491. The smallest absolute Gasteiger partial charge is 0.307 e. The number of likely N-dealkylation sites (tertiary alicyclic amines) is 1. The van der Waals surface area contributed by atoms with E-state index in [1.54, 1.807) is 42.5 Å². The molecule has 1 amide bonds. The molecular weight excluding hydrogens is 494 g/mol. The van der Waals surface area contributed by atoms with Crippen molar-refractivity contribution in [1.29, 1.82) is 0 Å². The summed E-state index contributed by atoms with van der Waals surface area (Å²) in [4.78, 5) is 27.6. The van der Waals surface area contributed by atoms with Crippen LogP contribution in [-0.4, -0.2) is 59.1 Å². The van der Waals surface area contributed by atoms with Gasteiger partial charge in [0.2, 0.25) is 0 Å². The van der Waals surface area contributed by atoms with Crippen molar-refractivity contribution in [3.8, 4) is 0 Å². The van der Waals surface area contributed by atoms with E-state index in [-0.39, 0.29) is 23.8 Å². The molecule has 5 N–H and O–H groups in total. The summed E-state index contributed by atoms with van der Waals surface area (Å²) in [6.45, 7) is 7.80. The third-order valence-corrected chi connectivity index (χ3v) is 6.31. The Kier molecular flexibility index (Phi) is 9.77. The Balaban J connectivity index is 1.64. The summed E-state index contributed by atoms with van der Waals surface area (Å²) in [5, 5.41) is 18.5. The maximum absolute atomic E-state index is 13.1. The summed E-state index contributed by atoms with van der Waals surface area (Å²) in [6, 6.07) is 12.0. The SMILES string of the molecule is CC(C)(C)OC(=O)CCN1CCCC[C@@H]1CNc1ccc(Cl)cc1C(=O)Nc1ccc(/C(N)=N/O)cc1. The summed E-state index contributed by atoms with van der Waals surface area (Å²) in [7, 11) is 0. The minimum Gasteiger partial charge on any atom is -0.460 e. The molecule has 1 fully saturated rings. The van der Waals surface area contributed by atoms with Crippen LogP contribution in [0.3, 0.4) is 0 Å². The van der Waals surface area contributed by atoms with Gasteiger partial charge in [-0.25, -0.2) is 0 Å². The molecule has 0 aliphatic carbocycles. The molecule has 0 unspecified atom stereocenters. The van der Waals surface area contributed by atoms with E-state index in [4.69, 9.17) is 27.3 Å². The standard InChI is InChI=1S/C27H36ClN5O4/c1-27(2,3)37-24(34)13-15-33-14-5-4-6-21(33)17-30-23-12-9-19(28)16-22(23)26(35)31-20-10-7-18(8-11-20)25(29)32-36/h7-12,16,21,30,36H,4-6,13-15,17H2,1-3H3,(H2,29,32)(H,31,35)/t21-/m1/s1. The molecule has 9 nitrogen and oxygen atoms in total. The Morgan fingerprint density at radius 2 is 1.92 bits per heavy atom. The molecule has 2 aromatic carbocycles. The number of benzene rings is 2. The van der Waals surface area contributed by atoms with Crippen LogP contribution in [0.25, 0.3) is 0 Å². The van der Waals surface area contributed by atoms with E-state index in [9.17, 15) is 9.59 Å². The van der Waals surface area contributed by atoms with E-state index in [1.165, 1.54) is 0 Å². The molecule has 1 saturated heterocycles. The number of nitrogens with zero attached hydrogens (tertiary/aromatic N) is 2. The molecule has 10 heteroatoms. The average Bonchev–Trinajstić information content (AvgIpc) is 2.86. The van der Waals surface area contributed by atoms with E-state index in [2.05, 4.69) is 20.7 Å². The molecule has 3 rings (SSSR count).